The Morgan fingerprint density at radius 3 is 2.25 bits per heavy atom. The summed E-state index contributed by atoms with van der Waals surface area (Å²) >= 11 is 0. The maximum absolute atomic E-state index is 9.22. The molecule has 102 valence electrons. The van der Waals surface area contributed by atoms with Gasteiger partial charge in [-0.15, -0.1) is 0 Å². The lowest BCUT2D eigenvalue weighted by atomic mass is 9.95. The van der Waals surface area contributed by atoms with Crippen LogP contribution < -0.4 is 10.1 Å². The van der Waals surface area contributed by atoms with E-state index in [1.54, 1.807) is 7.11 Å². The van der Waals surface area contributed by atoms with Gasteiger partial charge in [-0.2, -0.15) is 5.26 Å². The van der Waals surface area contributed by atoms with Crippen LogP contribution in [-0.2, 0) is 0 Å². The summed E-state index contributed by atoms with van der Waals surface area (Å²) in [6.45, 7) is 1.92. The van der Waals surface area contributed by atoms with Crippen LogP contribution in [0, 0.1) is 17.2 Å². The van der Waals surface area contributed by atoms with E-state index < -0.39 is 0 Å². The van der Waals surface area contributed by atoms with Crippen molar-refractivity contribution < 1.29 is 4.74 Å². The monoisotopic (exact) mass is 266 g/mol. The molecule has 1 N–H and O–H groups in total. The molecule has 0 spiro atoms. The van der Waals surface area contributed by atoms with Crippen molar-refractivity contribution in [2.45, 2.75) is 13.0 Å². The third kappa shape index (κ3) is 3.30. The molecule has 0 aromatic heterocycles. The summed E-state index contributed by atoms with van der Waals surface area (Å²) in [4.78, 5) is 0. The Bertz CT molecular complexity index is 572. The van der Waals surface area contributed by atoms with E-state index in [0.29, 0.717) is 0 Å². The van der Waals surface area contributed by atoms with Gasteiger partial charge < -0.3 is 10.1 Å². The van der Waals surface area contributed by atoms with E-state index >= 15 is 0 Å². The zero-order valence-corrected chi connectivity index (χ0v) is 11.7. The number of nitrogens with zero attached hydrogens (tertiary/aromatic N) is 1. The van der Waals surface area contributed by atoms with E-state index in [1.165, 1.54) is 0 Å². The zero-order valence-electron chi connectivity index (χ0n) is 11.7. The van der Waals surface area contributed by atoms with E-state index in [0.717, 1.165) is 17.0 Å². The highest BCUT2D eigenvalue weighted by Gasteiger charge is 2.18. The Kier molecular flexibility index (Phi) is 4.62. The van der Waals surface area contributed by atoms with Crippen LogP contribution in [0.3, 0.4) is 0 Å². The van der Waals surface area contributed by atoms with Gasteiger partial charge in [0, 0.05) is 5.69 Å². The number of hydrogen-bond donors (Lipinski definition) is 1. The van der Waals surface area contributed by atoms with Gasteiger partial charge >= 0.3 is 0 Å². The summed E-state index contributed by atoms with van der Waals surface area (Å²) < 4.78 is 5.15. The van der Waals surface area contributed by atoms with Crippen LogP contribution in [0.1, 0.15) is 18.5 Å². The van der Waals surface area contributed by atoms with Crippen molar-refractivity contribution in [3.8, 4) is 11.8 Å². The molecule has 0 fully saturated rings. The molecule has 2 rings (SSSR count). The van der Waals surface area contributed by atoms with Gasteiger partial charge in [-0.05, 0) is 36.8 Å². The number of benzene rings is 2. The Morgan fingerprint density at radius 1 is 1.05 bits per heavy atom. The van der Waals surface area contributed by atoms with Crippen molar-refractivity contribution in [3.63, 3.8) is 0 Å². The smallest absolute Gasteiger partial charge is 0.119 e. The Morgan fingerprint density at radius 2 is 1.70 bits per heavy atom. The van der Waals surface area contributed by atoms with Crippen molar-refractivity contribution in [2.75, 3.05) is 12.4 Å². The topological polar surface area (TPSA) is 45.0 Å². The van der Waals surface area contributed by atoms with Crippen molar-refractivity contribution in [3.05, 3.63) is 60.2 Å². The molecule has 0 radical (unpaired) electrons. The quantitative estimate of drug-likeness (QED) is 0.889. The van der Waals surface area contributed by atoms with Crippen LogP contribution in [0.5, 0.6) is 5.75 Å². The third-order valence-corrected chi connectivity index (χ3v) is 3.27. The first-order valence-electron chi connectivity index (χ1n) is 6.59. The molecular formula is C17H18N2O. The van der Waals surface area contributed by atoms with Gasteiger partial charge in [-0.3, -0.25) is 0 Å². The zero-order chi connectivity index (χ0) is 14.4. The summed E-state index contributed by atoms with van der Waals surface area (Å²) in [6, 6.07) is 20.0. The number of hydrogen-bond acceptors (Lipinski definition) is 3. The molecule has 2 aromatic rings. The molecule has 2 atom stereocenters. The van der Waals surface area contributed by atoms with E-state index in [2.05, 4.69) is 11.4 Å². The van der Waals surface area contributed by atoms with Crippen LogP contribution in [0.2, 0.25) is 0 Å². The summed E-state index contributed by atoms with van der Waals surface area (Å²) in [5.74, 6) is 0.694. The highest BCUT2D eigenvalue weighted by molar-refractivity contribution is 5.48. The van der Waals surface area contributed by atoms with Gasteiger partial charge in [-0.1, -0.05) is 30.3 Å². The van der Waals surface area contributed by atoms with Crippen molar-refractivity contribution >= 4 is 5.69 Å². The first kappa shape index (κ1) is 14.0. The summed E-state index contributed by atoms with van der Waals surface area (Å²) in [5, 5.41) is 12.6. The summed E-state index contributed by atoms with van der Waals surface area (Å²) in [5.41, 5.74) is 2.08. The van der Waals surface area contributed by atoms with Gasteiger partial charge in [0.2, 0.25) is 0 Å². The van der Waals surface area contributed by atoms with E-state index in [9.17, 15) is 5.26 Å². The summed E-state index contributed by atoms with van der Waals surface area (Å²) in [7, 11) is 1.65. The molecule has 20 heavy (non-hydrogen) atoms. The molecule has 0 saturated carbocycles. The molecule has 0 aliphatic rings. The normalized spacial score (nSPS) is 13.1. The van der Waals surface area contributed by atoms with Crippen LogP contribution >= 0.6 is 0 Å². The molecule has 0 amide bonds. The fourth-order valence-electron chi connectivity index (χ4n) is 2.10. The molecule has 2 aromatic carbocycles. The molecule has 0 saturated heterocycles. The van der Waals surface area contributed by atoms with Gasteiger partial charge in [0.25, 0.3) is 0 Å². The second-order valence-corrected chi connectivity index (χ2v) is 4.68. The molecule has 0 heterocycles. The SMILES string of the molecule is COc1ccc(N[C@H](c2ccccc2)[C@H](C)C#N)cc1. The number of nitrogens with one attached hydrogen (secondary N) is 1. The molecule has 0 unspecified atom stereocenters. The molecule has 3 heteroatoms. The average molecular weight is 266 g/mol. The predicted molar refractivity (Wildman–Crippen MR) is 80.6 cm³/mol. The number of methoxy groups -OCH3 is 1. The van der Waals surface area contributed by atoms with Crippen LogP contribution in [0.25, 0.3) is 0 Å². The lowest BCUT2D eigenvalue weighted by Crippen LogP contribution is -2.17. The second kappa shape index (κ2) is 6.63. The van der Waals surface area contributed by atoms with E-state index in [4.69, 9.17) is 4.74 Å². The predicted octanol–water partition coefficient (Wildman–Crippen LogP) is 4.01. The molecule has 0 aliphatic heterocycles. The largest absolute Gasteiger partial charge is 0.497 e. The van der Waals surface area contributed by atoms with Crippen molar-refractivity contribution in [1.29, 1.82) is 5.26 Å². The number of anilines is 1. The van der Waals surface area contributed by atoms with E-state index in [-0.39, 0.29) is 12.0 Å². The van der Waals surface area contributed by atoms with Gasteiger partial charge in [-0.25, -0.2) is 0 Å². The first-order chi connectivity index (χ1) is 9.74. The maximum atomic E-state index is 9.22. The fourth-order valence-corrected chi connectivity index (χ4v) is 2.10. The highest BCUT2D eigenvalue weighted by Crippen LogP contribution is 2.27. The minimum absolute atomic E-state index is 0.0328. The lowest BCUT2D eigenvalue weighted by molar-refractivity contribution is 0.415. The average Bonchev–Trinajstić information content (AvgIpc) is 2.53. The maximum Gasteiger partial charge on any atom is 0.119 e. The van der Waals surface area contributed by atoms with Crippen LogP contribution in [0.15, 0.2) is 54.6 Å². The molecule has 0 bridgehead atoms. The van der Waals surface area contributed by atoms with Gasteiger partial charge in [0.15, 0.2) is 0 Å². The number of ether oxygens (including phenoxy) is 1. The Balaban J connectivity index is 2.22. The highest BCUT2D eigenvalue weighted by atomic mass is 16.5. The Hall–Kier alpha value is -2.47. The van der Waals surface area contributed by atoms with Gasteiger partial charge in [0.05, 0.1) is 25.1 Å². The molecular weight excluding hydrogens is 248 g/mol. The summed E-state index contributed by atoms with van der Waals surface area (Å²) in [6.07, 6.45) is 0. The second-order valence-electron chi connectivity index (χ2n) is 4.68. The lowest BCUT2D eigenvalue weighted by Gasteiger charge is -2.22. The minimum Gasteiger partial charge on any atom is -0.497 e. The number of rotatable bonds is 5. The minimum atomic E-state index is -0.125. The van der Waals surface area contributed by atoms with Crippen LogP contribution in [-0.4, -0.2) is 7.11 Å². The third-order valence-electron chi connectivity index (χ3n) is 3.27. The van der Waals surface area contributed by atoms with Crippen molar-refractivity contribution in [1.82, 2.24) is 0 Å². The Labute approximate surface area is 119 Å². The molecule has 3 nitrogen and oxygen atoms in total. The van der Waals surface area contributed by atoms with Gasteiger partial charge in [0.1, 0.15) is 5.75 Å². The standard InChI is InChI=1S/C17H18N2O/c1-13(12-18)17(14-6-4-3-5-7-14)19-15-8-10-16(20-2)11-9-15/h3-11,13,17,19H,1-2H3/t13-,17+/m1/s1. The van der Waals surface area contributed by atoms with Crippen LogP contribution in [0.4, 0.5) is 5.69 Å². The molecule has 0 aliphatic carbocycles. The number of nitriles is 1. The van der Waals surface area contributed by atoms with E-state index in [1.807, 2.05) is 61.5 Å². The van der Waals surface area contributed by atoms with Crippen molar-refractivity contribution in [2.24, 2.45) is 5.92 Å². The first-order valence-corrected chi connectivity index (χ1v) is 6.59. The fraction of sp³-hybridized carbons (Fsp3) is 0.235.